The van der Waals surface area contributed by atoms with Gasteiger partial charge in [-0.15, -0.1) is 0 Å². The molecule has 0 atom stereocenters. The molecule has 0 nitrogen and oxygen atoms in total. The summed E-state index contributed by atoms with van der Waals surface area (Å²) in [5, 5.41) is 0. The van der Waals surface area contributed by atoms with Crippen molar-refractivity contribution < 1.29 is 0 Å². The number of allylic oxidation sites excluding steroid dienone is 1. The predicted molar refractivity (Wildman–Crippen MR) is 125 cm³/mol. The third-order valence-electron chi connectivity index (χ3n) is 5.85. The zero-order valence-corrected chi connectivity index (χ0v) is 19.1. The van der Waals surface area contributed by atoms with Gasteiger partial charge in [-0.1, -0.05) is 97.4 Å². The molecular formula is C28H37. The van der Waals surface area contributed by atoms with Crippen LogP contribution >= 0.6 is 0 Å². The second kappa shape index (κ2) is 8.27. The van der Waals surface area contributed by atoms with Gasteiger partial charge in [-0.2, -0.15) is 0 Å². The highest BCUT2D eigenvalue weighted by molar-refractivity contribution is 5.86. The minimum absolute atomic E-state index is 0.507. The van der Waals surface area contributed by atoms with Crippen LogP contribution in [0.1, 0.15) is 107 Å². The van der Waals surface area contributed by atoms with Crippen molar-refractivity contribution >= 4 is 6.08 Å². The Morgan fingerprint density at radius 3 is 1.82 bits per heavy atom. The molecule has 0 aromatic heterocycles. The van der Waals surface area contributed by atoms with E-state index in [9.17, 15) is 0 Å². The standard InChI is InChI=1S/C28H37/c1-17(2)11-21-12-22-9-10-26(20(7)8)28(27(22)13-21)25-15-23(18(3)4)14-24(16-25)19(5)6/h9-10,12-20H,11H2,1-8H3. The third-order valence-corrected chi connectivity index (χ3v) is 5.85. The van der Waals surface area contributed by atoms with E-state index in [-0.39, 0.29) is 0 Å². The normalized spacial score (nSPS) is 13.8. The van der Waals surface area contributed by atoms with Crippen LogP contribution in [-0.2, 0) is 0 Å². The quantitative estimate of drug-likeness (QED) is 0.475. The first kappa shape index (κ1) is 20.9. The Labute approximate surface area is 173 Å². The summed E-state index contributed by atoms with van der Waals surface area (Å²) in [6.45, 7) is 18.5. The maximum Gasteiger partial charge on any atom is 0.0164 e. The Balaban J connectivity index is 2.24. The first-order valence-electron chi connectivity index (χ1n) is 11.0. The van der Waals surface area contributed by atoms with Gasteiger partial charge in [0.1, 0.15) is 0 Å². The molecule has 0 heteroatoms. The lowest BCUT2D eigenvalue weighted by Crippen LogP contribution is -2.00. The molecule has 0 saturated heterocycles. The molecule has 3 rings (SSSR count). The molecule has 0 fully saturated rings. The molecule has 0 amide bonds. The summed E-state index contributed by atoms with van der Waals surface area (Å²) in [5.41, 5.74) is 11.5. The molecule has 149 valence electrons. The SMILES string of the molecule is CC(C)CC1=Cc2c(ccc(C(C)C)c2-c2cc(C(C)C)cc(C(C)C)c2)[CH]1. The van der Waals surface area contributed by atoms with Crippen LogP contribution in [0, 0.1) is 12.3 Å². The van der Waals surface area contributed by atoms with E-state index in [1.807, 2.05) is 0 Å². The van der Waals surface area contributed by atoms with Gasteiger partial charge < -0.3 is 0 Å². The fourth-order valence-electron chi connectivity index (χ4n) is 4.24. The van der Waals surface area contributed by atoms with Crippen molar-refractivity contribution in [3.8, 4) is 11.1 Å². The summed E-state index contributed by atoms with van der Waals surface area (Å²) in [6.07, 6.45) is 6.00. The highest BCUT2D eigenvalue weighted by Crippen LogP contribution is 2.42. The van der Waals surface area contributed by atoms with Crippen LogP contribution in [0.3, 0.4) is 0 Å². The van der Waals surface area contributed by atoms with Crippen LogP contribution in [0.25, 0.3) is 17.2 Å². The second-order valence-electron chi connectivity index (χ2n) is 9.85. The topological polar surface area (TPSA) is 0 Å². The third kappa shape index (κ3) is 4.27. The maximum absolute atomic E-state index is 2.45. The zero-order valence-electron chi connectivity index (χ0n) is 19.1. The van der Waals surface area contributed by atoms with Crippen molar-refractivity contribution in [2.24, 2.45) is 5.92 Å². The molecule has 1 radical (unpaired) electrons. The molecule has 0 saturated carbocycles. The lowest BCUT2D eigenvalue weighted by Gasteiger charge is -2.20. The Bertz CT molecular complexity index is 849. The Morgan fingerprint density at radius 1 is 0.714 bits per heavy atom. The molecule has 0 N–H and O–H groups in total. The lowest BCUT2D eigenvalue weighted by atomic mass is 9.84. The van der Waals surface area contributed by atoms with Crippen LogP contribution in [0.5, 0.6) is 0 Å². The first-order chi connectivity index (χ1) is 13.2. The maximum atomic E-state index is 2.45. The van der Waals surface area contributed by atoms with Gasteiger partial charge in [-0.05, 0) is 69.0 Å². The number of hydrogen-bond donors (Lipinski definition) is 0. The minimum atomic E-state index is 0.507. The van der Waals surface area contributed by atoms with Crippen LogP contribution in [-0.4, -0.2) is 0 Å². The average Bonchev–Trinajstić information content (AvgIpc) is 3.01. The summed E-state index contributed by atoms with van der Waals surface area (Å²) in [6, 6.07) is 12.0. The molecule has 0 bridgehead atoms. The van der Waals surface area contributed by atoms with E-state index in [1.54, 1.807) is 0 Å². The highest BCUT2D eigenvalue weighted by Gasteiger charge is 2.22. The van der Waals surface area contributed by atoms with E-state index in [0.29, 0.717) is 23.7 Å². The number of fused-ring (bicyclic) bond motifs is 1. The number of hydrogen-bond acceptors (Lipinski definition) is 0. The first-order valence-corrected chi connectivity index (χ1v) is 11.0. The Hall–Kier alpha value is -1.82. The molecule has 0 spiro atoms. The Kier molecular flexibility index (Phi) is 6.18. The average molecular weight is 374 g/mol. The van der Waals surface area contributed by atoms with Crippen molar-refractivity contribution in [2.45, 2.75) is 79.6 Å². The molecule has 2 aromatic carbocycles. The van der Waals surface area contributed by atoms with E-state index in [0.717, 1.165) is 6.42 Å². The summed E-state index contributed by atoms with van der Waals surface area (Å²) in [4.78, 5) is 0. The van der Waals surface area contributed by atoms with Gasteiger partial charge in [-0.25, -0.2) is 0 Å². The van der Waals surface area contributed by atoms with Crippen LogP contribution < -0.4 is 0 Å². The van der Waals surface area contributed by atoms with Gasteiger partial charge >= 0.3 is 0 Å². The van der Waals surface area contributed by atoms with Crippen LogP contribution in [0.4, 0.5) is 0 Å². The molecule has 0 unspecified atom stereocenters. The second-order valence-corrected chi connectivity index (χ2v) is 9.85. The van der Waals surface area contributed by atoms with Crippen molar-refractivity contribution in [3.05, 3.63) is 70.1 Å². The van der Waals surface area contributed by atoms with E-state index >= 15 is 0 Å². The minimum Gasteiger partial charge on any atom is -0.0625 e. The number of rotatable bonds is 6. The van der Waals surface area contributed by atoms with E-state index in [4.69, 9.17) is 0 Å². The fraction of sp³-hybridized carbons (Fsp3) is 0.464. The highest BCUT2D eigenvalue weighted by atomic mass is 14.3. The van der Waals surface area contributed by atoms with Gasteiger partial charge in [0.25, 0.3) is 0 Å². The fourth-order valence-corrected chi connectivity index (χ4v) is 4.24. The molecule has 0 heterocycles. The predicted octanol–water partition coefficient (Wildman–Crippen LogP) is 8.72. The zero-order chi connectivity index (χ0) is 20.6. The molecule has 1 aliphatic rings. The van der Waals surface area contributed by atoms with Gasteiger partial charge in [0.15, 0.2) is 0 Å². The summed E-state index contributed by atoms with van der Waals surface area (Å²) >= 11 is 0. The summed E-state index contributed by atoms with van der Waals surface area (Å²) in [5.74, 6) is 2.26. The van der Waals surface area contributed by atoms with Gasteiger partial charge in [0, 0.05) is 6.42 Å². The number of benzene rings is 2. The largest absolute Gasteiger partial charge is 0.0625 e. The summed E-state index contributed by atoms with van der Waals surface area (Å²) < 4.78 is 0. The molecule has 1 aliphatic carbocycles. The Morgan fingerprint density at radius 2 is 1.32 bits per heavy atom. The van der Waals surface area contributed by atoms with Crippen molar-refractivity contribution in [1.82, 2.24) is 0 Å². The monoisotopic (exact) mass is 373 g/mol. The molecule has 0 aliphatic heterocycles. The smallest absolute Gasteiger partial charge is 0.0164 e. The van der Waals surface area contributed by atoms with Gasteiger partial charge in [0.05, 0.1) is 0 Å². The van der Waals surface area contributed by atoms with E-state index < -0.39 is 0 Å². The van der Waals surface area contributed by atoms with Gasteiger partial charge in [0.2, 0.25) is 0 Å². The molecular weight excluding hydrogens is 336 g/mol. The van der Waals surface area contributed by atoms with Gasteiger partial charge in [-0.3, -0.25) is 0 Å². The molecule has 28 heavy (non-hydrogen) atoms. The van der Waals surface area contributed by atoms with Crippen molar-refractivity contribution in [1.29, 1.82) is 0 Å². The van der Waals surface area contributed by atoms with E-state index in [1.165, 1.54) is 44.5 Å². The van der Waals surface area contributed by atoms with Crippen molar-refractivity contribution in [3.63, 3.8) is 0 Å². The summed E-state index contributed by atoms with van der Waals surface area (Å²) in [7, 11) is 0. The molecule has 2 aromatic rings. The van der Waals surface area contributed by atoms with Crippen LogP contribution in [0.15, 0.2) is 35.9 Å². The van der Waals surface area contributed by atoms with Crippen LogP contribution in [0.2, 0.25) is 0 Å². The van der Waals surface area contributed by atoms with Crippen molar-refractivity contribution in [2.75, 3.05) is 0 Å². The van der Waals surface area contributed by atoms with E-state index in [2.05, 4.69) is 98.2 Å². The lowest BCUT2D eigenvalue weighted by molar-refractivity contribution is 0.649.